The van der Waals surface area contributed by atoms with Gasteiger partial charge in [-0.25, -0.2) is 0 Å². The van der Waals surface area contributed by atoms with Crippen molar-refractivity contribution in [3.05, 3.63) is 12.2 Å². The van der Waals surface area contributed by atoms with E-state index in [1.54, 1.807) is 0 Å². The first-order valence-electron chi connectivity index (χ1n) is 14.8. The number of rotatable bonds is 1. The molecular formula is C30H56N2. The van der Waals surface area contributed by atoms with Gasteiger partial charge in [0.2, 0.25) is 0 Å². The smallest absolute Gasteiger partial charge is 0.0385 e. The highest BCUT2D eigenvalue weighted by Gasteiger charge is 2.17. The lowest BCUT2D eigenvalue weighted by Crippen LogP contribution is -2.37. The topological polar surface area (TPSA) is 15.6 Å². The van der Waals surface area contributed by atoms with Gasteiger partial charge in [0, 0.05) is 12.6 Å². The van der Waals surface area contributed by atoms with Gasteiger partial charge in [-0.05, 0) is 89.9 Å². The lowest BCUT2D eigenvalue weighted by molar-refractivity contribution is 0.163. The summed E-state index contributed by atoms with van der Waals surface area (Å²) < 4.78 is 0. The first-order valence-corrected chi connectivity index (χ1v) is 14.8. The zero-order chi connectivity index (χ0) is 22.4. The van der Waals surface area contributed by atoms with Crippen LogP contribution >= 0.6 is 0 Å². The number of nitrogens with zero attached hydrogens (tertiary/aromatic N) is 2. The fourth-order valence-electron chi connectivity index (χ4n) is 5.53. The van der Waals surface area contributed by atoms with Crippen LogP contribution in [0.25, 0.3) is 0 Å². The van der Waals surface area contributed by atoms with Crippen molar-refractivity contribution in [1.29, 1.82) is 0 Å². The van der Waals surface area contributed by atoms with Gasteiger partial charge in [0.05, 0.1) is 0 Å². The molecule has 2 heteroatoms. The van der Waals surface area contributed by atoms with Crippen molar-refractivity contribution in [1.82, 2.24) is 4.90 Å². The average Bonchev–Trinajstić information content (AvgIpc) is 2.79. The molecule has 2 nitrogen and oxygen atoms in total. The molecule has 1 unspecified atom stereocenters. The van der Waals surface area contributed by atoms with Gasteiger partial charge in [-0.2, -0.15) is 0 Å². The van der Waals surface area contributed by atoms with Gasteiger partial charge in [0.15, 0.2) is 0 Å². The second-order valence-electron chi connectivity index (χ2n) is 10.6. The van der Waals surface area contributed by atoms with Crippen molar-refractivity contribution in [2.45, 2.75) is 154 Å². The highest BCUT2D eigenvalue weighted by Crippen LogP contribution is 2.21. The summed E-state index contributed by atoms with van der Waals surface area (Å²) in [6.07, 6.45) is 39.2. The van der Waals surface area contributed by atoms with Crippen LogP contribution in [0, 0.1) is 0 Å². The van der Waals surface area contributed by atoms with Crippen molar-refractivity contribution in [2.75, 3.05) is 19.6 Å². The van der Waals surface area contributed by atoms with E-state index in [0.717, 1.165) is 12.6 Å². The van der Waals surface area contributed by atoms with Crippen molar-refractivity contribution in [3.63, 3.8) is 0 Å². The highest BCUT2D eigenvalue weighted by molar-refractivity contribution is 5.56. The van der Waals surface area contributed by atoms with E-state index in [-0.39, 0.29) is 0 Å². The van der Waals surface area contributed by atoms with Gasteiger partial charge in [0.25, 0.3) is 0 Å². The Bertz CT molecular complexity index is 414. The van der Waals surface area contributed by atoms with E-state index in [0.29, 0.717) is 0 Å². The quantitative estimate of drug-likeness (QED) is 0.368. The number of allylic oxidation sites excluding steroid dienone is 2. The summed E-state index contributed by atoms with van der Waals surface area (Å²) in [6.45, 7) is 3.76. The van der Waals surface area contributed by atoms with Crippen LogP contribution in [0.4, 0.5) is 0 Å². The van der Waals surface area contributed by atoms with Crippen LogP contribution in [0.3, 0.4) is 0 Å². The monoisotopic (exact) mass is 444 g/mol. The molecular weight excluding hydrogens is 388 g/mol. The average molecular weight is 445 g/mol. The maximum atomic E-state index is 4.62. The summed E-state index contributed by atoms with van der Waals surface area (Å²) >= 11 is 0. The largest absolute Gasteiger partial charge is 0.300 e. The first kappa shape index (κ1) is 27.6. The summed E-state index contributed by atoms with van der Waals surface area (Å²) in [7, 11) is 0. The van der Waals surface area contributed by atoms with Gasteiger partial charge < -0.3 is 4.90 Å². The van der Waals surface area contributed by atoms with Gasteiger partial charge in [-0.3, -0.25) is 4.99 Å². The third kappa shape index (κ3) is 15.3. The molecule has 1 atom stereocenters. The van der Waals surface area contributed by atoms with Crippen LogP contribution in [-0.2, 0) is 0 Å². The van der Waals surface area contributed by atoms with Crippen molar-refractivity contribution in [2.24, 2.45) is 4.99 Å². The SMILES string of the molecule is C1=CCCCCCC(N2CCCCCC=NCCCCCCCC2)CCCCCCCC1. The maximum Gasteiger partial charge on any atom is 0.0385 e. The van der Waals surface area contributed by atoms with Crippen LogP contribution in [0.2, 0.25) is 0 Å². The Kier molecular flexibility index (Phi) is 18.1. The lowest BCUT2D eigenvalue weighted by atomic mass is 9.97. The van der Waals surface area contributed by atoms with E-state index in [9.17, 15) is 0 Å². The van der Waals surface area contributed by atoms with Crippen LogP contribution in [-0.4, -0.2) is 36.8 Å². The molecule has 0 amide bonds. The molecule has 0 saturated carbocycles. The minimum Gasteiger partial charge on any atom is -0.300 e. The van der Waals surface area contributed by atoms with E-state index in [1.807, 2.05) is 0 Å². The van der Waals surface area contributed by atoms with E-state index in [4.69, 9.17) is 0 Å². The normalized spacial score (nSPS) is 26.6. The van der Waals surface area contributed by atoms with Crippen molar-refractivity contribution < 1.29 is 0 Å². The minimum atomic E-state index is 0.846. The molecule has 0 aromatic rings. The molecule has 2 aliphatic rings. The summed E-state index contributed by atoms with van der Waals surface area (Å²) in [4.78, 5) is 7.57. The van der Waals surface area contributed by atoms with Gasteiger partial charge in [-0.1, -0.05) is 89.2 Å². The van der Waals surface area contributed by atoms with E-state index in [1.165, 1.54) is 161 Å². The molecule has 32 heavy (non-hydrogen) atoms. The number of hydrogen-bond donors (Lipinski definition) is 0. The van der Waals surface area contributed by atoms with Crippen molar-refractivity contribution >= 4 is 6.21 Å². The van der Waals surface area contributed by atoms with E-state index >= 15 is 0 Å². The molecule has 1 aliphatic heterocycles. The fourth-order valence-corrected chi connectivity index (χ4v) is 5.53. The second-order valence-corrected chi connectivity index (χ2v) is 10.6. The lowest BCUT2D eigenvalue weighted by Gasteiger charge is -2.32. The molecule has 1 heterocycles. The Balaban J connectivity index is 1.86. The molecule has 1 aliphatic carbocycles. The Morgan fingerprint density at radius 1 is 0.469 bits per heavy atom. The number of aliphatic imine (C=N–C) groups is 1. The molecule has 2 rings (SSSR count). The molecule has 186 valence electrons. The predicted molar refractivity (Wildman–Crippen MR) is 144 cm³/mol. The van der Waals surface area contributed by atoms with Crippen molar-refractivity contribution in [3.8, 4) is 0 Å². The third-order valence-corrected chi connectivity index (χ3v) is 7.64. The molecule has 0 radical (unpaired) electrons. The Morgan fingerprint density at radius 2 is 0.938 bits per heavy atom. The van der Waals surface area contributed by atoms with Crippen LogP contribution in [0.5, 0.6) is 0 Å². The molecule has 0 bridgehead atoms. The van der Waals surface area contributed by atoms with Crippen LogP contribution in [0.1, 0.15) is 148 Å². The molecule has 0 N–H and O–H groups in total. The number of hydrogen-bond acceptors (Lipinski definition) is 2. The van der Waals surface area contributed by atoms with Gasteiger partial charge in [0.1, 0.15) is 0 Å². The summed E-state index contributed by atoms with van der Waals surface area (Å²) in [5.74, 6) is 0. The fraction of sp³-hybridized carbons (Fsp3) is 0.900. The zero-order valence-electron chi connectivity index (χ0n) is 21.6. The highest BCUT2D eigenvalue weighted by atomic mass is 15.1. The van der Waals surface area contributed by atoms with E-state index < -0.39 is 0 Å². The molecule has 0 aromatic heterocycles. The standard InChI is InChI=1S/C30H56N2/c1-2-4-6-8-12-18-24-30(25-19-13-9-7-5-3-1)32-28-22-16-11-10-14-20-26-31-27-21-15-17-23-29-32/h2,4,27,30H,1,3,5-26,28-29H2. The Hall–Kier alpha value is -0.630. The van der Waals surface area contributed by atoms with Crippen LogP contribution < -0.4 is 0 Å². The molecule has 0 fully saturated rings. The molecule has 0 aromatic carbocycles. The Morgan fingerprint density at radius 3 is 1.62 bits per heavy atom. The predicted octanol–water partition coefficient (Wildman–Crippen LogP) is 9.28. The maximum absolute atomic E-state index is 4.62. The van der Waals surface area contributed by atoms with Gasteiger partial charge >= 0.3 is 0 Å². The summed E-state index contributed by atoms with van der Waals surface area (Å²) in [5, 5.41) is 0. The summed E-state index contributed by atoms with van der Waals surface area (Å²) in [5.41, 5.74) is 0. The van der Waals surface area contributed by atoms with E-state index in [2.05, 4.69) is 28.3 Å². The zero-order valence-corrected chi connectivity index (χ0v) is 21.6. The Labute approximate surface area is 201 Å². The van der Waals surface area contributed by atoms with Crippen LogP contribution in [0.15, 0.2) is 17.1 Å². The molecule has 0 saturated heterocycles. The second kappa shape index (κ2) is 20.9. The summed E-state index contributed by atoms with van der Waals surface area (Å²) in [6, 6.07) is 0.846. The first-order chi connectivity index (χ1) is 16.0. The molecule has 0 spiro atoms. The van der Waals surface area contributed by atoms with Gasteiger partial charge in [-0.15, -0.1) is 0 Å². The third-order valence-electron chi connectivity index (χ3n) is 7.64. The minimum absolute atomic E-state index is 0.846.